The van der Waals surface area contributed by atoms with Crippen LogP contribution in [0.4, 0.5) is 0 Å². The average molecular weight is 365 g/mol. The third-order valence-electron chi connectivity index (χ3n) is 5.11. The van der Waals surface area contributed by atoms with E-state index >= 15 is 0 Å². The van der Waals surface area contributed by atoms with Crippen molar-refractivity contribution in [1.29, 1.82) is 5.26 Å². The van der Waals surface area contributed by atoms with Crippen LogP contribution in [-0.4, -0.2) is 35.3 Å². The highest BCUT2D eigenvalue weighted by Crippen LogP contribution is 2.33. The van der Waals surface area contributed by atoms with E-state index in [0.717, 1.165) is 0 Å². The largest absolute Gasteiger partial charge is 0.454 e. The number of aryl methyl sites for hydroxylation is 1. The monoisotopic (exact) mass is 365 g/mol. The smallest absolute Gasteiger partial charge is 0.268 e. The third kappa shape index (κ3) is 3.04. The number of nitriles is 1. The summed E-state index contributed by atoms with van der Waals surface area (Å²) in [6, 6.07) is 9.25. The Balaban J connectivity index is 1.68. The molecular weight excluding hydrogens is 346 g/mol. The van der Waals surface area contributed by atoms with Crippen molar-refractivity contribution in [2.24, 2.45) is 5.92 Å². The molecule has 138 valence electrons. The molecule has 0 saturated carbocycles. The number of piperidine rings is 1. The van der Waals surface area contributed by atoms with Gasteiger partial charge in [-0.1, -0.05) is 0 Å². The molecule has 0 aliphatic carbocycles. The lowest BCUT2D eigenvalue weighted by Crippen LogP contribution is -2.41. The van der Waals surface area contributed by atoms with Gasteiger partial charge in [0.2, 0.25) is 6.79 Å². The predicted molar refractivity (Wildman–Crippen MR) is 97.1 cm³/mol. The van der Waals surface area contributed by atoms with Gasteiger partial charge in [-0.15, -0.1) is 0 Å². The molecule has 27 heavy (non-hydrogen) atoms. The van der Waals surface area contributed by atoms with Gasteiger partial charge in [-0.25, -0.2) is 0 Å². The number of pyridine rings is 1. The van der Waals surface area contributed by atoms with Crippen molar-refractivity contribution in [2.45, 2.75) is 19.8 Å². The molecule has 0 N–H and O–H groups in total. The number of nitrogens with zero attached hydrogens (tertiary/aromatic N) is 3. The maximum Gasteiger partial charge on any atom is 0.268 e. The fourth-order valence-corrected chi connectivity index (χ4v) is 3.49. The Morgan fingerprint density at radius 2 is 1.93 bits per heavy atom. The highest BCUT2D eigenvalue weighted by molar-refractivity contribution is 5.95. The molecular formula is C20H19N3O4. The second-order valence-electron chi connectivity index (χ2n) is 6.78. The first-order valence-electron chi connectivity index (χ1n) is 8.89. The van der Waals surface area contributed by atoms with E-state index < -0.39 is 0 Å². The van der Waals surface area contributed by atoms with Gasteiger partial charge in [-0.2, -0.15) is 5.26 Å². The zero-order chi connectivity index (χ0) is 19.0. The first-order chi connectivity index (χ1) is 13.1. The Kier molecular flexibility index (Phi) is 4.32. The van der Waals surface area contributed by atoms with Gasteiger partial charge < -0.3 is 14.4 Å². The average Bonchev–Trinajstić information content (AvgIpc) is 3.16. The van der Waals surface area contributed by atoms with Crippen LogP contribution >= 0.6 is 0 Å². The molecule has 1 aromatic heterocycles. The maximum atomic E-state index is 13.1. The van der Waals surface area contributed by atoms with Crippen LogP contribution in [0.5, 0.6) is 11.5 Å². The summed E-state index contributed by atoms with van der Waals surface area (Å²) < 4.78 is 12.1. The number of aromatic nitrogens is 1. The summed E-state index contributed by atoms with van der Waals surface area (Å²) in [4.78, 5) is 27.7. The third-order valence-corrected chi connectivity index (χ3v) is 5.11. The number of ether oxygens (including phenoxy) is 2. The van der Waals surface area contributed by atoms with E-state index in [4.69, 9.17) is 14.7 Å². The van der Waals surface area contributed by atoms with Gasteiger partial charge in [0.05, 0.1) is 11.8 Å². The lowest BCUT2D eigenvalue weighted by Gasteiger charge is -2.29. The number of carbonyl (C=O) groups excluding carboxylic acids is 1. The van der Waals surface area contributed by atoms with Gasteiger partial charge in [-0.05, 0) is 43.5 Å². The maximum absolute atomic E-state index is 13.1. The van der Waals surface area contributed by atoms with Gasteiger partial charge >= 0.3 is 0 Å². The summed E-state index contributed by atoms with van der Waals surface area (Å²) in [5.74, 6) is 0.919. The zero-order valence-electron chi connectivity index (χ0n) is 15.0. The highest BCUT2D eigenvalue weighted by Gasteiger charge is 2.27. The molecule has 1 amide bonds. The van der Waals surface area contributed by atoms with Gasteiger partial charge in [0.1, 0.15) is 5.56 Å². The molecule has 0 spiro atoms. The predicted octanol–water partition coefficient (Wildman–Crippen LogP) is 2.25. The Bertz CT molecular complexity index is 997. The second-order valence-corrected chi connectivity index (χ2v) is 6.78. The van der Waals surface area contributed by atoms with Crippen molar-refractivity contribution < 1.29 is 14.3 Å². The lowest BCUT2D eigenvalue weighted by atomic mass is 9.97. The van der Waals surface area contributed by atoms with Gasteiger partial charge in [0.15, 0.2) is 11.5 Å². The van der Waals surface area contributed by atoms with E-state index in [9.17, 15) is 9.59 Å². The number of carbonyl (C=O) groups is 1. The molecule has 3 heterocycles. The van der Waals surface area contributed by atoms with Crippen LogP contribution in [0, 0.1) is 24.2 Å². The van der Waals surface area contributed by atoms with E-state index in [1.807, 2.05) is 0 Å². The molecule has 7 nitrogen and oxygen atoms in total. The summed E-state index contributed by atoms with van der Waals surface area (Å²) in [7, 11) is 0. The van der Waals surface area contributed by atoms with E-state index in [0.29, 0.717) is 48.7 Å². The Hall–Kier alpha value is -3.27. The van der Waals surface area contributed by atoms with Crippen LogP contribution in [0.3, 0.4) is 0 Å². The van der Waals surface area contributed by atoms with Crippen LogP contribution in [-0.2, 0) is 0 Å². The van der Waals surface area contributed by atoms with E-state index in [2.05, 4.69) is 6.07 Å². The first kappa shape index (κ1) is 17.2. The van der Waals surface area contributed by atoms with Crippen molar-refractivity contribution >= 4 is 5.91 Å². The van der Waals surface area contributed by atoms with E-state index in [1.165, 1.54) is 4.57 Å². The quantitative estimate of drug-likeness (QED) is 0.815. The number of amides is 1. The number of rotatable bonds is 2. The molecule has 4 rings (SSSR count). The van der Waals surface area contributed by atoms with Crippen LogP contribution < -0.4 is 15.0 Å². The SMILES string of the molecule is Cc1ccn(-c2ccc3c(c2)OCO3)c(=O)c1C(=O)N1CCC(C#N)CC1. The Labute approximate surface area is 156 Å². The van der Waals surface area contributed by atoms with Gasteiger partial charge in [-0.3, -0.25) is 14.2 Å². The van der Waals surface area contributed by atoms with Gasteiger partial charge in [0.25, 0.3) is 11.5 Å². The highest BCUT2D eigenvalue weighted by atomic mass is 16.7. The number of hydrogen-bond acceptors (Lipinski definition) is 5. The molecule has 1 fully saturated rings. The molecule has 7 heteroatoms. The van der Waals surface area contributed by atoms with Crippen molar-refractivity contribution in [3.63, 3.8) is 0 Å². The molecule has 0 bridgehead atoms. The topological polar surface area (TPSA) is 84.6 Å². The minimum absolute atomic E-state index is 0.0174. The van der Waals surface area contributed by atoms with Gasteiger partial charge in [0, 0.05) is 31.3 Å². The van der Waals surface area contributed by atoms with Crippen molar-refractivity contribution in [2.75, 3.05) is 19.9 Å². The first-order valence-corrected chi connectivity index (χ1v) is 8.89. The molecule has 2 aliphatic rings. The number of likely N-dealkylation sites (tertiary alicyclic amines) is 1. The summed E-state index contributed by atoms with van der Waals surface area (Å²) in [6.45, 7) is 2.91. The lowest BCUT2D eigenvalue weighted by molar-refractivity contribution is 0.0704. The van der Waals surface area contributed by atoms with Crippen LogP contribution in [0.15, 0.2) is 35.3 Å². The normalized spacial score (nSPS) is 16.2. The molecule has 1 aromatic carbocycles. The fraction of sp³-hybridized carbons (Fsp3) is 0.350. The van der Waals surface area contributed by atoms with Crippen molar-refractivity contribution in [1.82, 2.24) is 9.47 Å². The van der Waals surface area contributed by atoms with Crippen molar-refractivity contribution in [3.8, 4) is 23.3 Å². The number of fused-ring (bicyclic) bond motifs is 1. The Morgan fingerprint density at radius 3 is 2.67 bits per heavy atom. The molecule has 1 saturated heterocycles. The molecule has 2 aliphatic heterocycles. The second kappa shape index (κ2) is 6.80. The molecule has 0 atom stereocenters. The van der Waals surface area contributed by atoms with Crippen LogP contribution in [0.25, 0.3) is 5.69 Å². The van der Waals surface area contributed by atoms with Crippen molar-refractivity contribution in [3.05, 3.63) is 51.9 Å². The minimum atomic E-state index is -0.360. The minimum Gasteiger partial charge on any atom is -0.454 e. The molecule has 0 radical (unpaired) electrons. The Morgan fingerprint density at radius 1 is 1.19 bits per heavy atom. The fourth-order valence-electron chi connectivity index (χ4n) is 3.49. The summed E-state index contributed by atoms with van der Waals surface area (Å²) >= 11 is 0. The van der Waals surface area contributed by atoms with E-state index in [1.54, 1.807) is 42.3 Å². The van der Waals surface area contributed by atoms with Crippen LogP contribution in [0.1, 0.15) is 28.8 Å². The summed E-state index contributed by atoms with van der Waals surface area (Å²) in [5.41, 5.74) is 1.07. The molecule has 0 unspecified atom stereocenters. The molecule has 2 aromatic rings. The number of benzene rings is 1. The number of hydrogen-bond donors (Lipinski definition) is 0. The van der Waals surface area contributed by atoms with Crippen LogP contribution in [0.2, 0.25) is 0 Å². The summed E-state index contributed by atoms with van der Waals surface area (Å²) in [5, 5.41) is 9.02. The summed E-state index contributed by atoms with van der Waals surface area (Å²) in [6.07, 6.45) is 2.95. The zero-order valence-corrected chi connectivity index (χ0v) is 15.0. The van der Waals surface area contributed by atoms with E-state index in [-0.39, 0.29) is 29.7 Å². The standard InChI is InChI=1S/C20H19N3O4/c1-13-4-9-23(15-2-3-16-17(10-15)27-12-26-16)20(25)18(13)19(24)22-7-5-14(11-21)6-8-22/h2-4,9-10,14H,5-8,12H2,1H3.